The molecule has 1 aliphatic rings. The van der Waals surface area contributed by atoms with Gasteiger partial charge in [0.05, 0.1) is 0 Å². The third-order valence-electron chi connectivity index (χ3n) is 4.42. The van der Waals surface area contributed by atoms with Crippen LogP contribution in [0.4, 0.5) is 0 Å². The maximum Gasteiger partial charge on any atom is 0.0252 e. The van der Waals surface area contributed by atoms with E-state index in [9.17, 15) is 0 Å². The first-order valence-corrected chi connectivity index (χ1v) is 7.95. The Hall–Kier alpha value is -0.860. The van der Waals surface area contributed by atoms with Gasteiger partial charge in [-0.1, -0.05) is 38.1 Å². The SMILES string of the molecule is CC(C)c1ccc(CN2CC(C)(C)NCCC2C)cc1. The van der Waals surface area contributed by atoms with Gasteiger partial charge in [-0.3, -0.25) is 4.90 Å². The predicted molar refractivity (Wildman–Crippen MR) is 87.1 cm³/mol. The molecule has 1 aromatic carbocycles. The average molecular weight is 274 g/mol. The van der Waals surface area contributed by atoms with Gasteiger partial charge in [-0.15, -0.1) is 0 Å². The Balaban J connectivity index is 2.06. The molecule has 1 fully saturated rings. The van der Waals surface area contributed by atoms with Crippen LogP contribution >= 0.6 is 0 Å². The lowest BCUT2D eigenvalue weighted by Crippen LogP contribution is -2.47. The van der Waals surface area contributed by atoms with E-state index in [1.54, 1.807) is 0 Å². The van der Waals surface area contributed by atoms with Gasteiger partial charge in [0.2, 0.25) is 0 Å². The lowest BCUT2D eigenvalue weighted by Gasteiger charge is -2.33. The number of rotatable bonds is 3. The maximum absolute atomic E-state index is 3.65. The molecule has 0 aromatic heterocycles. The van der Waals surface area contributed by atoms with Gasteiger partial charge in [0.1, 0.15) is 0 Å². The molecule has 0 saturated carbocycles. The Kier molecular flexibility index (Phi) is 4.87. The Morgan fingerprint density at radius 3 is 2.50 bits per heavy atom. The van der Waals surface area contributed by atoms with Crippen molar-refractivity contribution < 1.29 is 0 Å². The molecule has 2 nitrogen and oxygen atoms in total. The summed E-state index contributed by atoms with van der Waals surface area (Å²) in [7, 11) is 0. The van der Waals surface area contributed by atoms with E-state index in [-0.39, 0.29) is 5.54 Å². The van der Waals surface area contributed by atoms with Crippen molar-refractivity contribution in [3.05, 3.63) is 35.4 Å². The number of benzene rings is 1. The Bertz CT molecular complexity index is 420. The van der Waals surface area contributed by atoms with Crippen molar-refractivity contribution in [3.63, 3.8) is 0 Å². The second kappa shape index (κ2) is 6.28. The zero-order chi connectivity index (χ0) is 14.8. The standard InChI is InChI=1S/C18H30N2/c1-14(2)17-8-6-16(7-9-17)12-20-13-18(4,5)19-11-10-15(20)3/h6-9,14-15,19H,10-13H2,1-5H3. The van der Waals surface area contributed by atoms with E-state index in [0.29, 0.717) is 12.0 Å². The van der Waals surface area contributed by atoms with Crippen molar-refractivity contribution >= 4 is 0 Å². The van der Waals surface area contributed by atoms with Gasteiger partial charge in [0, 0.05) is 24.7 Å². The minimum atomic E-state index is 0.211. The minimum Gasteiger partial charge on any atom is -0.310 e. The first kappa shape index (κ1) is 15.5. The highest BCUT2D eigenvalue weighted by molar-refractivity contribution is 5.24. The molecule has 1 aromatic rings. The van der Waals surface area contributed by atoms with Crippen molar-refractivity contribution in [1.29, 1.82) is 0 Å². The topological polar surface area (TPSA) is 15.3 Å². The van der Waals surface area contributed by atoms with Crippen LogP contribution in [0.25, 0.3) is 0 Å². The molecule has 0 aliphatic carbocycles. The first-order chi connectivity index (χ1) is 9.37. The Morgan fingerprint density at radius 2 is 1.90 bits per heavy atom. The number of nitrogens with one attached hydrogen (secondary N) is 1. The summed E-state index contributed by atoms with van der Waals surface area (Å²) in [6.45, 7) is 14.8. The fraction of sp³-hybridized carbons (Fsp3) is 0.667. The van der Waals surface area contributed by atoms with Gasteiger partial charge in [0.15, 0.2) is 0 Å². The quantitative estimate of drug-likeness (QED) is 0.902. The third kappa shape index (κ3) is 4.07. The number of hydrogen-bond acceptors (Lipinski definition) is 2. The van der Waals surface area contributed by atoms with E-state index >= 15 is 0 Å². The summed E-state index contributed by atoms with van der Waals surface area (Å²) in [5, 5.41) is 3.65. The van der Waals surface area contributed by atoms with E-state index in [1.807, 2.05) is 0 Å². The highest BCUT2D eigenvalue weighted by Gasteiger charge is 2.27. The molecule has 0 amide bonds. The molecule has 2 rings (SSSR count). The van der Waals surface area contributed by atoms with Crippen LogP contribution in [0.3, 0.4) is 0 Å². The highest BCUT2D eigenvalue weighted by atomic mass is 15.2. The van der Waals surface area contributed by atoms with Crippen LogP contribution in [0.1, 0.15) is 58.1 Å². The zero-order valence-electron chi connectivity index (χ0n) is 13.7. The fourth-order valence-corrected chi connectivity index (χ4v) is 2.98. The highest BCUT2D eigenvalue weighted by Crippen LogP contribution is 2.20. The van der Waals surface area contributed by atoms with Gasteiger partial charge < -0.3 is 5.32 Å². The van der Waals surface area contributed by atoms with Gasteiger partial charge in [-0.25, -0.2) is 0 Å². The lowest BCUT2D eigenvalue weighted by molar-refractivity contribution is 0.173. The summed E-state index contributed by atoms with van der Waals surface area (Å²) >= 11 is 0. The van der Waals surface area contributed by atoms with Crippen molar-refractivity contribution in [2.75, 3.05) is 13.1 Å². The summed E-state index contributed by atoms with van der Waals surface area (Å²) in [5.74, 6) is 0.615. The van der Waals surface area contributed by atoms with Crippen molar-refractivity contribution in [1.82, 2.24) is 10.2 Å². The third-order valence-corrected chi connectivity index (χ3v) is 4.42. The molecular formula is C18H30N2. The molecule has 0 bridgehead atoms. The normalized spacial score (nSPS) is 23.8. The molecule has 1 saturated heterocycles. The molecule has 0 radical (unpaired) electrons. The molecule has 1 heterocycles. The second-order valence-corrected chi connectivity index (χ2v) is 7.25. The monoisotopic (exact) mass is 274 g/mol. The number of nitrogens with zero attached hydrogens (tertiary/aromatic N) is 1. The largest absolute Gasteiger partial charge is 0.310 e. The first-order valence-electron chi connectivity index (χ1n) is 7.95. The zero-order valence-corrected chi connectivity index (χ0v) is 13.7. The second-order valence-electron chi connectivity index (χ2n) is 7.25. The van der Waals surface area contributed by atoms with Gasteiger partial charge in [0.25, 0.3) is 0 Å². The van der Waals surface area contributed by atoms with Crippen LogP contribution in [0.15, 0.2) is 24.3 Å². The molecule has 1 atom stereocenters. The van der Waals surface area contributed by atoms with Crippen molar-refractivity contribution in [2.24, 2.45) is 0 Å². The predicted octanol–water partition coefficient (Wildman–Crippen LogP) is 3.77. The number of hydrogen-bond donors (Lipinski definition) is 1. The van der Waals surface area contributed by atoms with Crippen LogP contribution in [0.2, 0.25) is 0 Å². The molecule has 20 heavy (non-hydrogen) atoms. The van der Waals surface area contributed by atoms with Gasteiger partial charge in [-0.05, 0) is 50.8 Å². The van der Waals surface area contributed by atoms with Crippen molar-refractivity contribution in [3.8, 4) is 0 Å². The molecule has 1 aliphatic heterocycles. The van der Waals surface area contributed by atoms with E-state index in [4.69, 9.17) is 0 Å². The molecule has 0 spiro atoms. The molecule has 1 N–H and O–H groups in total. The molecule has 1 unspecified atom stereocenters. The molecule has 112 valence electrons. The maximum atomic E-state index is 3.65. The van der Waals surface area contributed by atoms with Gasteiger partial charge in [-0.2, -0.15) is 0 Å². The van der Waals surface area contributed by atoms with E-state index in [1.165, 1.54) is 17.5 Å². The average Bonchev–Trinajstić information content (AvgIpc) is 2.49. The van der Waals surface area contributed by atoms with Crippen LogP contribution in [-0.2, 0) is 6.54 Å². The summed E-state index contributed by atoms with van der Waals surface area (Å²) < 4.78 is 0. The minimum absolute atomic E-state index is 0.211. The summed E-state index contributed by atoms with van der Waals surface area (Å²) in [6, 6.07) is 9.81. The summed E-state index contributed by atoms with van der Waals surface area (Å²) in [4.78, 5) is 2.62. The Morgan fingerprint density at radius 1 is 1.25 bits per heavy atom. The van der Waals surface area contributed by atoms with Crippen molar-refractivity contribution in [2.45, 2.75) is 65.1 Å². The molecular weight excluding hydrogens is 244 g/mol. The summed E-state index contributed by atoms with van der Waals surface area (Å²) in [6.07, 6.45) is 1.23. The van der Waals surface area contributed by atoms with E-state index in [0.717, 1.165) is 19.6 Å². The smallest absolute Gasteiger partial charge is 0.0252 e. The Labute approximate surface area is 124 Å². The molecule has 2 heteroatoms. The van der Waals surface area contributed by atoms with Gasteiger partial charge >= 0.3 is 0 Å². The van der Waals surface area contributed by atoms with Crippen LogP contribution in [0.5, 0.6) is 0 Å². The van der Waals surface area contributed by atoms with Crippen LogP contribution in [-0.4, -0.2) is 29.6 Å². The van der Waals surface area contributed by atoms with E-state index < -0.39 is 0 Å². The van der Waals surface area contributed by atoms with Crippen LogP contribution in [0, 0.1) is 0 Å². The van der Waals surface area contributed by atoms with E-state index in [2.05, 4.69) is 69.1 Å². The lowest BCUT2D eigenvalue weighted by atomic mass is 10.0. The summed E-state index contributed by atoms with van der Waals surface area (Å²) in [5.41, 5.74) is 3.07. The fourth-order valence-electron chi connectivity index (χ4n) is 2.98. The van der Waals surface area contributed by atoms with Crippen LogP contribution < -0.4 is 5.32 Å².